The molecule has 0 saturated carbocycles. The molecule has 1 saturated heterocycles. The molecule has 3 aliphatic rings. The molecule has 11 rings (SSSR count). The number of methoxy groups -OCH3 is 2. The van der Waals surface area contributed by atoms with E-state index in [-0.39, 0.29) is 42.5 Å². The molecule has 8 heterocycles. The molecule has 3 atom stereocenters. The number of aryl methyl sites for hydroxylation is 3. The highest BCUT2D eigenvalue weighted by Crippen LogP contribution is 2.43. The van der Waals surface area contributed by atoms with Crippen LogP contribution in [-0.4, -0.2) is 111 Å². The SMILES string of the molecule is CC1CN(C(=O)OC(C)(C)C)S(=O)(=O)O1.CC1CNC(=O)c2c(Cl)c(Br)cc3ccn1c23.COC(=O)c1c(Cl)c(Br)cc2cc[nH]c12.COc1cc(C)[nH]c(=O)c1CN1CC(C)n2ccc3cc(-c4c(C)noc4C)c(Cl)c(c32)C1=O. The number of carbonyl (C=O) groups is 4. The number of nitrogens with one attached hydrogen (secondary N) is 3. The Bertz CT molecular complexity index is 3980. The first-order chi connectivity index (χ1) is 38.1. The Morgan fingerprint density at radius 3 is 2.06 bits per heavy atom. The maximum Gasteiger partial charge on any atom is 0.425 e. The molecule has 0 radical (unpaired) electrons. The smallest absolute Gasteiger partial charge is 0.425 e. The Morgan fingerprint density at radius 2 is 1.46 bits per heavy atom. The zero-order valence-corrected chi connectivity index (χ0v) is 52.0. The number of fused-ring (bicyclic) bond motifs is 1. The van der Waals surface area contributed by atoms with E-state index in [0.29, 0.717) is 93.2 Å². The number of rotatable bonds is 5. The molecular weight excluding hydrogens is 1260 g/mol. The van der Waals surface area contributed by atoms with Gasteiger partial charge in [-0.3, -0.25) is 14.4 Å². The van der Waals surface area contributed by atoms with Crippen molar-refractivity contribution in [2.75, 3.05) is 33.9 Å². The predicted molar refractivity (Wildman–Crippen MR) is 316 cm³/mol. The summed E-state index contributed by atoms with van der Waals surface area (Å²) in [5, 5.41) is 11.0. The molecule has 0 bridgehead atoms. The number of ether oxygens (including phenoxy) is 3. The number of amides is 3. The van der Waals surface area contributed by atoms with E-state index >= 15 is 0 Å². The summed E-state index contributed by atoms with van der Waals surface area (Å²) >= 11 is 25.9. The number of hydrogen-bond acceptors (Lipinski definition) is 13. The van der Waals surface area contributed by atoms with Crippen molar-refractivity contribution in [1.82, 2.24) is 38.8 Å². The van der Waals surface area contributed by atoms with E-state index < -0.39 is 34.1 Å². The first-order valence-electron chi connectivity index (χ1n) is 25.1. The van der Waals surface area contributed by atoms with Crippen LogP contribution in [0.4, 0.5) is 4.79 Å². The van der Waals surface area contributed by atoms with Gasteiger partial charge >= 0.3 is 22.4 Å². The molecule has 20 nitrogen and oxygen atoms in total. The Labute approximate surface area is 497 Å². The fourth-order valence-electron chi connectivity index (χ4n) is 9.73. The van der Waals surface area contributed by atoms with Gasteiger partial charge in [0.2, 0.25) is 0 Å². The summed E-state index contributed by atoms with van der Waals surface area (Å²) in [5.41, 5.74) is 5.98. The van der Waals surface area contributed by atoms with Gasteiger partial charge in [0.1, 0.15) is 22.7 Å². The third-order valence-corrected chi connectivity index (χ3v) is 17.7. The minimum atomic E-state index is -3.95. The number of carbonyl (C=O) groups excluding carboxylic acids is 4. The van der Waals surface area contributed by atoms with Crippen LogP contribution in [0.5, 0.6) is 5.75 Å². The van der Waals surface area contributed by atoms with Crippen LogP contribution >= 0.6 is 66.7 Å². The van der Waals surface area contributed by atoms with Crippen molar-refractivity contribution >= 4 is 134 Å². The summed E-state index contributed by atoms with van der Waals surface area (Å²) in [5.74, 6) is 0.285. The number of benzene rings is 3. The van der Waals surface area contributed by atoms with Crippen LogP contribution in [0.2, 0.25) is 15.1 Å². The molecule has 81 heavy (non-hydrogen) atoms. The van der Waals surface area contributed by atoms with Crippen molar-refractivity contribution in [3.63, 3.8) is 0 Å². The van der Waals surface area contributed by atoms with Crippen molar-refractivity contribution in [2.45, 2.75) is 92.6 Å². The maximum atomic E-state index is 14.0. The molecule has 3 aliphatic heterocycles. The van der Waals surface area contributed by atoms with Crippen LogP contribution in [-0.2, 0) is 30.5 Å². The van der Waals surface area contributed by atoms with Crippen LogP contribution in [0.3, 0.4) is 0 Å². The van der Waals surface area contributed by atoms with Crippen LogP contribution in [0.25, 0.3) is 43.8 Å². The summed E-state index contributed by atoms with van der Waals surface area (Å²) in [6.07, 6.45) is 4.30. The van der Waals surface area contributed by atoms with E-state index in [9.17, 15) is 32.4 Å². The first-order valence-corrected chi connectivity index (χ1v) is 29.2. The van der Waals surface area contributed by atoms with Gasteiger partial charge < -0.3 is 48.1 Å². The highest BCUT2D eigenvalue weighted by Gasteiger charge is 2.41. The van der Waals surface area contributed by atoms with Crippen molar-refractivity contribution in [2.24, 2.45) is 0 Å². The molecule has 430 valence electrons. The van der Waals surface area contributed by atoms with Crippen LogP contribution < -0.4 is 15.6 Å². The van der Waals surface area contributed by atoms with Crippen molar-refractivity contribution in [1.29, 1.82) is 0 Å². The van der Waals surface area contributed by atoms with Gasteiger partial charge in [-0.2, -0.15) is 12.7 Å². The number of aromatic amines is 2. The zero-order valence-electron chi connectivity index (χ0n) is 45.8. The van der Waals surface area contributed by atoms with Gasteiger partial charge in [-0.15, -0.1) is 0 Å². The largest absolute Gasteiger partial charge is 0.496 e. The molecule has 26 heteroatoms. The second-order valence-electron chi connectivity index (χ2n) is 20.5. The average molecular weight is 1320 g/mol. The van der Waals surface area contributed by atoms with Gasteiger partial charge in [-0.25, -0.2) is 13.8 Å². The molecule has 0 aliphatic carbocycles. The van der Waals surface area contributed by atoms with Gasteiger partial charge in [0.05, 0.1) is 87.4 Å². The highest BCUT2D eigenvalue weighted by molar-refractivity contribution is 9.11. The third kappa shape index (κ3) is 12.3. The second kappa shape index (κ2) is 23.9. The quantitative estimate of drug-likeness (QED) is 0.136. The van der Waals surface area contributed by atoms with E-state index in [1.807, 2.05) is 69.6 Å². The number of pyridine rings is 1. The molecule has 1 fully saturated rings. The Morgan fingerprint density at radius 1 is 0.827 bits per heavy atom. The van der Waals surface area contributed by atoms with Gasteiger partial charge in [0.15, 0.2) is 0 Å². The number of aromatic nitrogens is 5. The summed E-state index contributed by atoms with van der Waals surface area (Å²) < 4.78 is 53.8. The lowest BCUT2D eigenvalue weighted by atomic mass is 9.98. The van der Waals surface area contributed by atoms with Crippen LogP contribution in [0.1, 0.15) is 107 Å². The molecule has 8 aromatic rings. The molecule has 3 aromatic carbocycles. The summed E-state index contributed by atoms with van der Waals surface area (Å²) in [4.78, 5) is 69.3. The second-order valence-corrected chi connectivity index (χ2v) is 24.8. The lowest BCUT2D eigenvalue weighted by Gasteiger charge is -2.25. The maximum absolute atomic E-state index is 14.0. The molecule has 3 N–H and O–H groups in total. The molecular formula is C55H57Br2Cl3N8O12S. The zero-order chi connectivity index (χ0) is 59.3. The van der Waals surface area contributed by atoms with Gasteiger partial charge in [0.25, 0.3) is 17.4 Å². The highest BCUT2D eigenvalue weighted by atomic mass is 79.9. The van der Waals surface area contributed by atoms with Crippen molar-refractivity contribution in [3.05, 3.63) is 135 Å². The van der Waals surface area contributed by atoms with Gasteiger partial charge in [0, 0.05) is 85.7 Å². The fraction of sp³-hybridized carbons (Fsp3) is 0.345. The summed E-state index contributed by atoms with van der Waals surface area (Å²) in [6.45, 7) is 17.3. The van der Waals surface area contributed by atoms with E-state index in [1.54, 1.807) is 51.8 Å². The lowest BCUT2D eigenvalue weighted by molar-refractivity contribution is 0.0398. The lowest BCUT2D eigenvalue weighted by Crippen LogP contribution is -2.37. The Kier molecular flexibility index (Phi) is 17.9. The number of hydrogen-bond donors (Lipinski definition) is 3. The molecule has 3 unspecified atom stereocenters. The van der Waals surface area contributed by atoms with Gasteiger partial charge in [-0.1, -0.05) is 40.0 Å². The van der Waals surface area contributed by atoms with Gasteiger partial charge in [-0.05, 0) is 137 Å². The van der Waals surface area contributed by atoms with Crippen molar-refractivity contribution in [3.8, 4) is 16.9 Å². The number of esters is 1. The minimum Gasteiger partial charge on any atom is -0.496 e. The van der Waals surface area contributed by atoms with Crippen molar-refractivity contribution < 1.29 is 50.5 Å². The van der Waals surface area contributed by atoms with E-state index in [0.717, 1.165) is 37.2 Å². The minimum absolute atomic E-state index is 0.00273. The third-order valence-electron chi connectivity index (χ3n) is 13.4. The number of H-pyrrole nitrogens is 2. The molecule has 5 aromatic heterocycles. The normalized spacial score (nSPS) is 17.3. The standard InChI is InChI=1S/C25H25ClN4O4.C12H10BrClN2O.C10H7BrClNO2.C8H15NO5S/c1-12-8-19(33-5)18(24(31)27-12)11-29-10-13(2)30-7-6-16-9-17(20-14(3)28-34-15(20)4)22(26)21(23(16)30)25(29)32;1-6-5-15-12(17)9-10(14)8(13)4-7-2-3-16(6)11(7)9;1-15-10(14)7-8(12)6(11)4-5-2-3-13-9(5)7;1-6-5-9(15(11,12)14-6)7(10)13-8(2,3)4/h6-9,13H,10-11H2,1-5H3,(H,27,31);2-4,6H,5H2,1H3,(H,15,17);2-4,13H,1H3;6H,5H2,1-4H3. The fourth-order valence-corrected chi connectivity index (χ4v) is 12.6. The first kappa shape index (κ1) is 60.7. The van der Waals surface area contributed by atoms with E-state index in [4.69, 9.17) is 48.8 Å². The average Bonchev–Trinajstić information content (AvgIpc) is 3.15. The molecule has 3 amide bonds. The Hall–Kier alpha value is -6.34. The predicted octanol–water partition coefficient (Wildman–Crippen LogP) is 12.4. The number of halogens is 5. The summed E-state index contributed by atoms with van der Waals surface area (Å²) in [6, 6.07) is 13.6. The summed E-state index contributed by atoms with van der Waals surface area (Å²) in [7, 11) is -1.10. The Balaban J connectivity index is 0.000000154. The topological polar surface area (TPSA) is 242 Å². The van der Waals surface area contributed by atoms with E-state index in [1.165, 1.54) is 14.2 Å². The van der Waals surface area contributed by atoms with Crippen LogP contribution in [0.15, 0.2) is 79.3 Å². The number of nitrogens with zero attached hydrogens (tertiary/aromatic N) is 5. The van der Waals surface area contributed by atoms with E-state index in [2.05, 4.69) is 77.3 Å². The van der Waals surface area contributed by atoms with Crippen LogP contribution in [0, 0.1) is 20.8 Å². The molecule has 0 spiro atoms. The monoisotopic (exact) mass is 1320 g/mol.